The summed E-state index contributed by atoms with van der Waals surface area (Å²) in [5.41, 5.74) is 1.73. The van der Waals surface area contributed by atoms with E-state index in [-0.39, 0.29) is 6.42 Å². The SMILES string of the molecule is Cc1cc(C)cc(C(O)(CBr)CC(Cl)(Cl)Cl)c1. The highest BCUT2D eigenvalue weighted by molar-refractivity contribution is 9.09. The van der Waals surface area contributed by atoms with Gasteiger partial charge >= 0.3 is 0 Å². The summed E-state index contributed by atoms with van der Waals surface area (Å²) in [6.07, 6.45) is 0.0405. The maximum atomic E-state index is 10.6. The van der Waals surface area contributed by atoms with Crippen LogP contribution in [0.1, 0.15) is 23.1 Å². The van der Waals surface area contributed by atoms with E-state index in [1.54, 1.807) is 0 Å². The van der Waals surface area contributed by atoms with E-state index in [0.717, 1.165) is 16.7 Å². The summed E-state index contributed by atoms with van der Waals surface area (Å²) in [5.74, 6) is 0. The normalized spacial score (nSPS) is 15.7. The lowest BCUT2D eigenvalue weighted by Gasteiger charge is -2.30. The molecule has 1 aromatic carbocycles. The third kappa shape index (κ3) is 4.60. The second-order valence-corrected chi connectivity index (χ2v) is 7.41. The van der Waals surface area contributed by atoms with Crippen molar-refractivity contribution in [3.05, 3.63) is 34.9 Å². The molecule has 0 bridgehead atoms. The van der Waals surface area contributed by atoms with E-state index >= 15 is 0 Å². The van der Waals surface area contributed by atoms with Crippen LogP contribution in [0.25, 0.3) is 0 Å². The van der Waals surface area contributed by atoms with Crippen molar-refractivity contribution < 1.29 is 5.11 Å². The maximum Gasteiger partial charge on any atom is 0.193 e. The Morgan fingerprint density at radius 1 is 1.12 bits per heavy atom. The standard InChI is InChI=1S/C12H14BrCl3O/c1-8-3-9(2)5-10(4-8)11(17,7-13)6-12(14,15)16/h3-5,17H,6-7H2,1-2H3. The lowest BCUT2D eigenvalue weighted by atomic mass is 9.90. The van der Waals surface area contributed by atoms with Gasteiger partial charge in [-0.1, -0.05) is 80.1 Å². The van der Waals surface area contributed by atoms with Crippen LogP contribution in [0.3, 0.4) is 0 Å². The van der Waals surface area contributed by atoms with Crippen molar-refractivity contribution in [1.29, 1.82) is 0 Å². The van der Waals surface area contributed by atoms with Crippen molar-refractivity contribution in [2.24, 2.45) is 0 Å². The first-order valence-corrected chi connectivity index (χ1v) is 7.36. The quantitative estimate of drug-likeness (QED) is 0.778. The van der Waals surface area contributed by atoms with Gasteiger partial charge in [0.1, 0.15) is 5.60 Å². The lowest BCUT2D eigenvalue weighted by molar-refractivity contribution is 0.0555. The van der Waals surface area contributed by atoms with Crippen molar-refractivity contribution in [2.45, 2.75) is 29.7 Å². The molecular formula is C12H14BrCl3O. The number of aryl methyl sites for hydroxylation is 2. The second kappa shape index (κ2) is 5.66. The van der Waals surface area contributed by atoms with Gasteiger partial charge in [-0.2, -0.15) is 0 Å². The summed E-state index contributed by atoms with van der Waals surface area (Å²) >= 11 is 20.6. The molecule has 0 saturated heterocycles. The molecule has 0 radical (unpaired) electrons. The van der Waals surface area contributed by atoms with Crippen LogP contribution in [0, 0.1) is 13.8 Å². The summed E-state index contributed by atoms with van der Waals surface area (Å²) in [5, 5.41) is 10.9. The molecule has 1 rings (SSSR count). The minimum atomic E-state index is -1.49. The first kappa shape index (κ1) is 15.6. The van der Waals surface area contributed by atoms with Crippen LogP contribution in [-0.4, -0.2) is 14.2 Å². The van der Waals surface area contributed by atoms with Crippen LogP contribution < -0.4 is 0 Å². The third-order valence-corrected chi connectivity index (χ3v) is 3.80. The second-order valence-electron chi connectivity index (χ2n) is 4.33. The molecule has 1 N–H and O–H groups in total. The molecule has 17 heavy (non-hydrogen) atoms. The Morgan fingerprint density at radius 2 is 1.59 bits per heavy atom. The Kier molecular flexibility index (Phi) is 5.19. The van der Waals surface area contributed by atoms with E-state index in [9.17, 15) is 5.11 Å². The molecule has 1 aromatic rings. The van der Waals surface area contributed by atoms with Gasteiger partial charge in [-0.25, -0.2) is 0 Å². The highest BCUT2D eigenvalue weighted by Crippen LogP contribution is 2.41. The fourth-order valence-corrected chi connectivity index (χ4v) is 2.99. The molecule has 0 saturated carbocycles. The Balaban J connectivity index is 3.15. The predicted molar refractivity (Wildman–Crippen MR) is 78.5 cm³/mol. The van der Waals surface area contributed by atoms with E-state index in [2.05, 4.69) is 15.9 Å². The predicted octanol–water partition coefficient (Wildman–Crippen LogP) is 4.65. The van der Waals surface area contributed by atoms with Crippen molar-refractivity contribution in [3.63, 3.8) is 0 Å². The summed E-state index contributed by atoms with van der Waals surface area (Å²) < 4.78 is -1.49. The van der Waals surface area contributed by atoms with E-state index < -0.39 is 9.39 Å². The topological polar surface area (TPSA) is 20.2 Å². The number of alkyl halides is 4. The zero-order valence-corrected chi connectivity index (χ0v) is 13.5. The van der Waals surface area contributed by atoms with Gasteiger partial charge in [0.05, 0.1) is 0 Å². The number of benzene rings is 1. The number of hydrogen-bond acceptors (Lipinski definition) is 1. The fraction of sp³-hybridized carbons (Fsp3) is 0.500. The minimum Gasteiger partial charge on any atom is -0.384 e. The van der Waals surface area contributed by atoms with E-state index in [0.29, 0.717) is 5.33 Å². The molecule has 1 unspecified atom stereocenters. The largest absolute Gasteiger partial charge is 0.384 e. The number of aliphatic hydroxyl groups is 1. The summed E-state index contributed by atoms with van der Waals surface area (Å²) in [6, 6.07) is 5.85. The average Bonchev–Trinajstić information content (AvgIpc) is 2.13. The van der Waals surface area contributed by atoms with E-state index in [4.69, 9.17) is 34.8 Å². The van der Waals surface area contributed by atoms with Crippen LogP contribution in [0.5, 0.6) is 0 Å². The number of rotatable bonds is 3. The minimum absolute atomic E-state index is 0.0405. The van der Waals surface area contributed by atoms with Gasteiger partial charge in [0.25, 0.3) is 0 Å². The van der Waals surface area contributed by atoms with Gasteiger partial charge in [0.15, 0.2) is 3.79 Å². The van der Waals surface area contributed by atoms with Gasteiger partial charge < -0.3 is 5.11 Å². The summed E-state index contributed by atoms with van der Waals surface area (Å²) in [6.45, 7) is 3.95. The average molecular weight is 361 g/mol. The van der Waals surface area contributed by atoms with Crippen molar-refractivity contribution in [3.8, 4) is 0 Å². The first-order chi connectivity index (χ1) is 7.66. The van der Waals surface area contributed by atoms with E-state index in [1.807, 2.05) is 32.0 Å². The van der Waals surface area contributed by atoms with Gasteiger partial charge in [-0.15, -0.1) is 0 Å². The molecule has 0 amide bonds. The molecule has 0 aromatic heterocycles. The Bertz CT molecular complexity index is 383. The molecule has 0 spiro atoms. The zero-order chi connectivity index (χ0) is 13.3. The Morgan fingerprint density at radius 3 is 1.94 bits per heavy atom. The Labute approximate surface area is 125 Å². The van der Waals surface area contributed by atoms with Gasteiger partial charge in [-0.05, 0) is 19.4 Å². The summed E-state index contributed by atoms with van der Waals surface area (Å²) in [7, 11) is 0. The third-order valence-electron chi connectivity index (χ3n) is 2.47. The van der Waals surface area contributed by atoms with E-state index in [1.165, 1.54) is 0 Å². The molecule has 0 aliphatic rings. The zero-order valence-electron chi connectivity index (χ0n) is 9.61. The van der Waals surface area contributed by atoms with Crippen molar-refractivity contribution in [1.82, 2.24) is 0 Å². The molecule has 0 heterocycles. The van der Waals surface area contributed by atoms with Crippen LogP contribution in [0.2, 0.25) is 0 Å². The lowest BCUT2D eigenvalue weighted by Crippen LogP contribution is -2.32. The molecule has 5 heteroatoms. The Hall–Kier alpha value is 0.530. The molecule has 96 valence electrons. The van der Waals surface area contributed by atoms with Crippen LogP contribution in [-0.2, 0) is 5.60 Å². The number of hydrogen-bond donors (Lipinski definition) is 1. The molecule has 0 aliphatic heterocycles. The molecule has 1 nitrogen and oxygen atoms in total. The number of halogens is 4. The summed E-state index contributed by atoms with van der Waals surface area (Å²) in [4.78, 5) is 0. The fourth-order valence-electron chi connectivity index (χ4n) is 1.80. The smallest absolute Gasteiger partial charge is 0.193 e. The molecule has 1 atom stereocenters. The monoisotopic (exact) mass is 358 g/mol. The van der Waals surface area contributed by atoms with Crippen LogP contribution in [0.4, 0.5) is 0 Å². The van der Waals surface area contributed by atoms with Crippen molar-refractivity contribution >= 4 is 50.7 Å². The highest BCUT2D eigenvalue weighted by Gasteiger charge is 2.37. The highest BCUT2D eigenvalue weighted by atomic mass is 79.9. The first-order valence-electron chi connectivity index (χ1n) is 5.10. The van der Waals surface area contributed by atoms with Gasteiger partial charge in [-0.3, -0.25) is 0 Å². The molecule has 0 aliphatic carbocycles. The van der Waals surface area contributed by atoms with Crippen LogP contribution >= 0.6 is 50.7 Å². The molecule has 0 fully saturated rings. The van der Waals surface area contributed by atoms with Gasteiger partial charge in [0.2, 0.25) is 0 Å². The van der Waals surface area contributed by atoms with Gasteiger partial charge in [0, 0.05) is 11.8 Å². The maximum absolute atomic E-state index is 10.6. The van der Waals surface area contributed by atoms with Crippen molar-refractivity contribution in [2.75, 3.05) is 5.33 Å². The molecular weight excluding hydrogens is 346 g/mol. The van der Waals surface area contributed by atoms with Crippen LogP contribution in [0.15, 0.2) is 18.2 Å².